The average Bonchev–Trinajstić information content (AvgIpc) is 2.82. The van der Waals surface area contributed by atoms with Crippen molar-refractivity contribution >= 4 is 17.7 Å². The maximum Gasteiger partial charge on any atom is 0.223 e. The van der Waals surface area contributed by atoms with E-state index in [1.165, 1.54) is 0 Å². The maximum atomic E-state index is 11.7. The summed E-state index contributed by atoms with van der Waals surface area (Å²) < 4.78 is 0. The highest BCUT2D eigenvalue weighted by Crippen LogP contribution is 2.51. The topological polar surface area (TPSA) is 49.3 Å². The second kappa shape index (κ2) is 5.21. The van der Waals surface area contributed by atoms with Crippen molar-refractivity contribution < 1.29 is 9.90 Å². The molecule has 1 saturated carbocycles. The zero-order chi connectivity index (χ0) is 11.5. The third-order valence-corrected chi connectivity index (χ3v) is 3.71. The summed E-state index contributed by atoms with van der Waals surface area (Å²) in [7, 11) is 0. The van der Waals surface area contributed by atoms with Gasteiger partial charge in [-0.3, -0.25) is 4.79 Å². The zero-order valence-corrected chi connectivity index (χ0v) is 10.6. The molecule has 4 heteroatoms. The van der Waals surface area contributed by atoms with Gasteiger partial charge in [0.25, 0.3) is 0 Å². The van der Waals surface area contributed by atoms with E-state index in [0.717, 1.165) is 18.6 Å². The summed E-state index contributed by atoms with van der Waals surface area (Å²) in [5.41, 5.74) is 0.170. The van der Waals surface area contributed by atoms with Crippen molar-refractivity contribution in [3.8, 4) is 0 Å². The molecule has 0 radical (unpaired) electrons. The van der Waals surface area contributed by atoms with Gasteiger partial charge in [0.1, 0.15) is 0 Å². The van der Waals surface area contributed by atoms with Crippen molar-refractivity contribution in [3.05, 3.63) is 0 Å². The molecule has 2 N–H and O–H groups in total. The van der Waals surface area contributed by atoms with Crippen LogP contribution >= 0.6 is 11.8 Å². The Balaban J connectivity index is 2.29. The molecular formula is C11H21NO2S. The summed E-state index contributed by atoms with van der Waals surface area (Å²) >= 11 is 1.73. The second-order valence-corrected chi connectivity index (χ2v) is 5.90. The summed E-state index contributed by atoms with van der Waals surface area (Å²) in [6, 6.07) is -0.0682. The molecule has 0 spiro atoms. The molecule has 0 aromatic carbocycles. The van der Waals surface area contributed by atoms with Crippen LogP contribution in [0.1, 0.15) is 26.7 Å². The fourth-order valence-electron chi connectivity index (χ4n) is 1.69. The molecular weight excluding hydrogens is 210 g/mol. The molecule has 0 aromatic heterocycles. The number of hydrogen-bond donors (Lipinski definition) is 2. The van der Waals surface area contributed by atoms with Crippen LogP contribution < -0.4 is 5.32 Å². The van der Waals surface area contributed by atoms with Crippen LogP contribution in [-0.2, 0) is 4.79 Å². The molecule has 15 heavy (non-hydrogen) atoms. The normalized spacial score (nSPS) is 24.7. The lowest BCUT2D eigenvalue weighted by atomic mass is 10.1. The van der Waals surface area contributed by atoms with Gasteiger partial charge < -0.3 is 10.4 Å². The van der Waals surface area contributed by atoms with Gasteiger partial charge in [0.2, 0.25) is 5.91 Å². The Morgan fingerprint density at radius 3 is 2.67 bits per heavy atom. The van der Waals surface area contributed by atoms with Gasteiger partial charge in [-0.15, -0.1) is 0 Å². The van der Waals surface area contributed by atoms with E-state index in [1.807, 2.05) is 6.26 Å². The Bertz CT molecular complexity index is 231. The lowest BCUT2D eigenvalue weighted by Crippen LogP contribution is -2.39. The number of hydrogen-bond acceptors (Lipinski definition) is 3. The van der Waals surface area contributed by atoms with Crippen molar-refractivity contribution in [2.24, 2.45) is 11.3 Å². The van der Waals surface area contributed by atoms with Crippen LogP contribution in [0.25, 0.3) is 0 Å². The van der Waals surface area contributed by atoms with E-state index in [2.05, 4.69) is 19.2 Å². The second-order valence-electron chi connectivity index (χ2n) is 4.91. The molecule has 1 aliphatic rings. The lowest BCUT2D eigenvalue weighted by molar-refractivity contribution is -0.124. The average molecular weight is 231 g/mol. The molecule has 0 heterocycles. The first-order chi connectivity index (χ1) is 7.01. The highest BCUT2D eigenvalue weighted by Gasteiger charge is 2.50. The predicted octanol–water partition coefficient (Wildman–Crippen LogP) is 1.26. The molecule has 1 fully saturated rings. The van der Waals surface area contributed by atoms with Crippen LogP contribution in [0.4, 0.5) is 0 Å². The first-order valence-electron chi connectivity index (χ1n) is 5.41. The SMILES string of the molecule is CSCC[C@H](CO)NC(=O)[C@H]1CC1(C)C. The van der Waals surface area contributed by atoms with Crippen molar-refractivity contribution in [2.45, 2.75) is 32.7 Å². The number of amides is 1. The molecule has 1 rings (SSSR count). The zero-order valence-electron chi connectivity index (χ0n) is 9.75. The minimum absolute atomic E-state index is 0.0411. The Hall–Kier alpha value is -0.220. The highest BCUT2D eigenvalue weighted by molar-refractivity contribution is 7.98. The van der Waals surface area contributed by atoms with Gasteiger partial charge in [-0.1, -0.05) is 13.8 Å². The first kappa shape index (κ1) is 12.8. The molecule has 0 bridgehead atoms. The van der Waals surface area contributed by atoms with E-state index >= 15 is 0 Å². The van der Waals surface area contributed by atoms with E-state index in [9.17, 15) is 4.79 Å². The molecule has 2 atom stereocenters. The summed E-state index contributed by atoms with van der Waals surface area (Å²) in [6.45, 7) is 4.25. The number of carbonyl (C=O) groups is 1. The Morgan fingerprint density at radius 2 is 2.27 bits per heavy atom. The third kappa shape index (κ3) is 3.68. The molecule has 0 aliphatic heterocycles. The summed E-state index contributed by atoms with van der Waals surface area (Å²) in [5, 5.41) is 12.0. The minimum Gasteiger partial charge on any atom is -0.394 e. The summed E-state index contributed by atoms with van der Waals surface area (Å²) in [6.07, 6.45) is 3.84. The van der Waals surface area contributed by atoms with Crippen LogP contribution in [-0.4, -0.2) is 35.7 Å². The van der Waals surface area contributed by atoms with Gasteiger partial charge >= 0.3 is 0 Å². The summed E-state index contributed by atoms with van der Waals surface area (Å²) in [4.78, 5) is 11.7. The van der Waals surface area contributed by atoms with Crippen molar-refractivity contribution in [3.63, 3.8) is 0 Å². The van der Waals surface area contributed by atoms with E-state index in [4.69, 9.17) is 5.11 Å². The largest absolute Gasteiger partial charge is 0.394 e. The van der Waals surface area contributed by atoms with Crippen molar-refractivity contribution in [1.29, 1.82) is 0 Å². The van der Waals surface area contributed by atoms with E-state index < -0.39 is 0 Å². The van der Waals surface area contributed by atoms with Crippen LogP contribution in [0.15, 0.2) is 0 Å². The van der Waals surface area contributed by atoms with Crippen molar-refractivity contribution in [2.75, 3.05) is 18.6 Å². The van der Waals surface area contributed by atoms with Gasteiger partial charge in [-0.2, -0.15) is 11.8 Å². The number of carbonyl (C=O) groups excluding carboxylic acids is 1. The fourth-order valence-corrected chi connectivity index (χ4v) is 2.21. The Labute approximate surface area is 96.0 Å². The van der Waals surface area contributed by atoms with Gasteiger partial charge in [-0.05, 0) is 30.3 Å². The lowest BCUT2D eigenvalue weighted by Gasteiger charge is -2.16. The number of aliphatic hydroxyl groups is 1. The first-order valence-corrected chi connectivity index (χ1v) is 6.81. The van der Waals surface area contributed by atoms with E-state index in [1.54, 1.807) is 11.8 Å². The van der Waals surface area contributed by atoms with Crippen LogP contribution in [0.3, 0.4) is 0 Å². The van der Waals surface area contributed by atoms with Gasteiger partial charge in [0, 0.05) is 5.92 Å². The monoisotopic (exact) mass is 231 g/mol. The fraction of sp³-hybridized carbons (Fsp3) is 0.909. The standard InChI is InChI=1S/C11H21NO2S/c1-11(2)6-9(11)10(14)12-8(7-13)4-5-15-3/h8-9,13H,4-7H2,1-3H3,(H,12,14)/t8-,9-/m1/s1. The van der Waals surface area contributed by atoms with Gasteiger partial charge in [0.15, 0.2) is 0 Å². The van der Waals surface area contributed by atoms with Gasteiger partial charge in [-0.25, -0.2) is 0 Å². The smallest absolute Gasteiger partial charge is 0.223 e. The third-order valence-electron chi connectivity index (χ3n) is 3.07. The minimum atomic E-state index is -0.0682. The molecule has 3 nitrogen and oxygen atoms in total. The van der Waals surface area contributed by atoms with Crippen molar-refractivity contribution in [1.82, 2.24) is 5.32 Å². The van der Waals surface area contributed by atoms with E-state index in [-0.39, 0.29) is 29.9 Å². The summed E-state index contributed by atoms with van der Waals surface area (Å²) in [5.74, 6) is 1.24. The molecule has 0 saturated heterocycles. The predicted molar refractivity (Wildman–Crippen MR) is 63.9 cm³/mol. The highest BCUT2D eigenvalue weighted by atomic mass is 32.2. The number of aliphatic hydroxyl groups excluding tert-OH is 1. The Morgan fingerprint density at radius 1 is 1.67 bits per heavy atom. The molecule has 0 unspecified atom stereocenters. The van der Waals surface area contributed by atoms with Crippen LogP contribution in [0, 0.1) is 11.3 Å². The quantitative estimate of drug-likeness (QED) is 0.723. The molecule has 1 aliphatic carbocycles. The number of rotatable bonds is 6. The van der Waals surface area contributed by atoms with Crippen LogP contribution in [0.5, 0.6) is 0 Å². The molecule has 1 amide bonds. The maximum absolute atomic E-state index is 11.7. The number of nitrogens with one attached hydrogen (secondary N) is 1. The number of thioether (sulfide) groups is 1. The molecule has 88 valence electrons. The van der Waals surface area contributed by atoms with Crippen LogP contribution in [0.2, 0.25) is 0 Å². The van der Waals surface area contributed by atoms with Gasteiger partial charge in [0.05, 0.1) is 12.6 Å². The van der Waals surface area contributed by atoms with E-state index in [0.29, 0.717) is 0 Å². The molecule has 0 aromatic rings. The Kier molecular flexibility index (Phi) is 4.46.